The second-order valence-corrected chi connectivity index (χ2v) is 8.34. The SMILES string of the molecule is CC[C@@H](C)NC(=O)CCCCSc1nc(C)c(Cc2ccccc2F)c(=O)n1C. The maximum Gasteiger partial charge on any atom is 0.257 e. The highest BCUT2D eigenvalue weighted by Crippen LogP contribution is 2.19. The van der Waals surface area contributed by atoms with Crippen LogP contribution in [0.2, 0.25) is 0 Å². The van der Waals surface area contributed by atoms with Crippen LogP contribution in [-0.4, -0.2) is 27.3 Å². The number of aromatic nitrogens is 2. The molecule has 0 bridgehead atoms. The molecule has 0 aliphatic rings. The number of carbonyl (C=O) groups is 1. The van der Waals surface area contributed by atoms with Crippen molar-refractivity contribution >= 4 is 17.7 Å². The maximum absolute atomic E-state index is 13.9. The Hall–Kier alpha value is -2.15. The first kappa shape index (κ1) is 23.1. The van der Waals surface area contributed by atoms with Crippen LogP contribution in [0.15, 0.2) is 34.2 Å². The van der Waals surface area contributed by atoms with E-state index in [0.29, 0.717) is 28.4 Å². The van der Waals surface area contributed by atoms with Crippen molar-refractivity contribution in [2.45, 2.75) is 64.1 Å². The van der Waals surface area contributed by atoms with Gasteiger partial charge < -0.3 is 5.32 Å². The quantitative estimate of drug-likeness (QED) is 0.359. The number of aryl methyl sites for hydroxylation is 1. The van der Waals surface area contributed by atoms with Gasteiger partial charge in [-0.15, -0.1) is 0 Å². The third-order valence-electron chi connectivity index (χ3n) is 4.92. The molecule has 0 radical (unpaired) electrons. The van der Waals surface area contributed by atoms with Crippen LogP contribution in [-0.2, 0) is 18.3 Å². The summed E-state index contributed by atoms with van der Waals surface area (Å²) in [5.41, 5.74) is 1.50. The molecule has 2 rings (SSSR count). The average Bonchev–Trinajstić information content (AvgIpc) is 2.69. The molecule has 1 heterocycles. The number of amides is 1. The minimum absolute atomic E-state index is 0.0863. The predicted molar refractivity (Wildman–Crippen MR) is 116 cm³/mol. The minimum atomic E-state index is -0.315. The largest absolute Gasteiger partial charge is 0.354 e. The van der Waals surface area contributed by atoms with Crippen molar-refractivity contribution in [3.05, 3.63) is 57.3 Å². The molecule has 0 aliphatic heterocycles. The van der Waals surface area contributed by atoms with Gasteiger partial charge in [-0.05, 0) is 44.7 Å². The Balaban J connectivity index is 1.93. The Kier molecular flexibility index (Phi) is 8.89. The van der Waals surface area contributed by atoms with Gasteiger partial charge in [-0.1, -0.05) is 36.9 Å². The molecule has 1 aromatic carbocycles. The second-order valence-electron chi connectivity index (χ2n) is 7.27. The van der Waals surface area contributed by atoms with E-state index < -0.39 is 0 Å². The summed E-state index contributed by atoms with van der Waals surface area (Å²) in [5, 5.41) is 3.61. The van der Waals surface area contributed by atoms with E-state index in [4.69, 9.17) is 0 Å². The van der Waals surface area contributed by atoms with Crippen LogP contribution in [0.3, 0.4) is 0 Å². The number of nitrogens with zero attached hydrogens (tertiary/aromatic N) is 2. The summed E-state index contributed by atoms with van der Waals surface area (Å²) in [7, 11) is 1.70. The van der Waals surface area contributed by atoms with Crippen LogP contribution >= 0.6 is 11.8 Å². The molecule has 2 aromatic rings. The smallest absolute Gasteiger partial charge is 0.257 e. The molecular weight excluding hydrogens is 389 g/mol. The number of carbonyl (C=O) groups excluding carboxylic acids is 1. The Morgan fingerprint density at radius 2 is 2.03 bits per heavy atom. The predicted octanol–water partition coefficient (Wildman–Crippen LogP) is 4.00. The third kappa shape index (κ3) is 6.70. The lowest BCUT2D eigenvalue weighted by molar-refractivity contribution is -0.121. The molecule has 1 N–H and O–H groups in total. The Bertz CT molecular complexity index is 898. The van der Waals surface area contributed by atoms with E-state index in [9.17, 15) is 14.0 Å². The van der Waals surface area contributed by atoms with E-state index >= 15 is 0 Å². The highest BCUT2D eigenvalue weighted by molar-refractivity contribution is 7.99. The molecule has 29 heavy (non-hydrogen) atoms. The van der Waals surface area contributed by atoms with E-state index in [0.717, 1.165) is 25.0 Å². The van der Waals surface area contributed by atoms with E-state index in [2.05, 4.69) is 10.3 Å². The normalized spacial score (nSPS) is 12.0. The lowest BCUT2D eigenvalue weighted by atomic mass is 10.0. The first-order chi connectivity index (χ1) is 13.8. The summed E-state index contributed by atoms with van der Waals surface area (Å²) in [6.45, 7) is 5.83. The number of hydrogen-bond acceptors (Lipinski definition) is 4. The lowest BCUT2D eigenvalue weighted by Crippen LogP contribution is -2.31. The number of nitrogens with one attached hydrogen (secondary N) is 1. The van der Waals surface area contributed by atoms with Gasteiger partial charge in [0.2, 0.25) is 5.91 Å². The van der Waals surface area contributed by atoms with E-state index in [1.54, 1.807) is 32.2 Å². The third-order valence-corrected chi connectivity index (χ3v) is 6.04. The second kappa shape index (κ2) is 11.1. The summed E-state index contributed by atoms with van der Waals surface area (Å²) in [5.74, 6) is 0.552. The van der Waals surface area contributed by atoms with Gasteiger partial charge in [-0.25, -0.2) is 9.37 Å². The topological polar surface area (TPSA) is 64.0 Å². The number of unbranched alkanes of at least 4 members (excludes halogenated alkanes) is 1. The van der Waals surface area contributed by atoms with E-state index in [1.165, 1.54) is 22.4 Å². The fourth-order valence-electron chi connectivity index (χ4n) is 2.89. The van der Waals surface area contributed by atoms with Crippen LogP contribution < -0.4 is 10.9 Å². The van der Waals surface area contributed by atoms with Crippen molar-refractivity contribution in [1.29, 1.82) is 0 Å². The molecule has 1 atom stereocenters. The Morgan fingerprint density at radius 3 is 2.72 bits per heavy atom. The van der Waals surface area contributed by atoms with Gasteiger partial charge in [0.1, 0.15) is 5.82 Å². The lowest BCUT2D eigenvalue weighted by Gasteiger charge is -2.13. The summed E-state index contributed by atoms with van der Waals surface area (Å²) in [6, 6.07) is 6.69. The molecule has 0 saturated carbocycles. The number of hydrogen-bond donors (Lipinski definition) is 1. The molecule has 0 unspecified atom stereocenters. The first-order valence-corrected chi connectivity index (χ1v) is 11.0. The van der Waals surface area contributed by atoms with Crippen molar-refractivity contribution in [3.63, 3.8) is 0 Å². The summed E-state index contributed by atoms with van der Waals surface area (Å²) < 4.78 is 15.5. The number of benzene rings is 1. The zero-order valence-corrected chi connectivity index (χ0v) is 18.4. The molecule has 0 aliphatic carbocycles. The van der Waals surface area contributed by atoms with Crippen LogP contribution in [0, 0.1) is 12.7 Å². The van der Waals surface area contributed by atoms with Crippen molar-refractivity contribution in [2.24, 2.45) is 7.05 Å². The van der Waals surface area contributed by atoms with E-state index in [1.807, 2.05) is 13.8 Å². The summed E-state index contributed by atoms with van der Waals surface area (Å²) in [6.07, 6.45) is 3.33. The van der Waals surface area contributed by atoms with Crippen LogP contribution in [0.25, 0.3) is 0 Å². The van der Waals surface area contributed by atoms with Crippen LogP contribution in [0.1, 0.15) is 56.4 Å². The fraction of sp³-hybridized carbons (Fsp3) is 0.500. The summed E-state index contributed by atoms with van der Waals surface area (Å²) in [4.78, 5) is 29.1. The van der Waals surface area contributed by atoms with Crippen LogP contribution in [0.5, 0.6) is 0 Å². The first-order valence-electron chi connectivity index (χ1n) is 10.1. The van der Waals surface area contributed by atoms with Gasteiger partial charge in [-0.2, -0.15) is 0 Å². The van der Waals surface area contributed by atoms with Crippen LogP contribution in [0.4, 0.5) is 4.39 Å². The zero-order chi connectivity index (χ0) is 21.4. The van der Waals surface area contributed by atoms with Crippen molar-refractivity contribution in [1.82, 2.24) is 14.9 Å². The number of rotatable bonds is 10. The molecule has 0 fully saturated rings. The van der Waals surface area contributed by atoms with Gasteiger partial charge in [0.25, 0.3) is 5.56 Å². The average molecular weight is 420 g/mol. The molecule has 0 saturated heterocycles. The van der Waals surface area contributed by atoms with Crippen molar-refractivity contribution in [2.75, 3.05) is 5.75 Å². The molecule has 158 valence electrons. The zero-order valence-electron chi connectivity index (χ0n) is 17.6. The highest BCUT2D eigenvalue weighted by atomic mass is 32.2. The maximum atomic E-state index is 13.9. The van der Waals surface area contributed by atoms with Gasteiger partial charge in [0.15, 0.2) is 5.16 Å². The summed E-state index contributed by atoms with van der Waals surface area (Å²) >= 11 is 1.51. The Labute approximate surface area is 176 Å². The van der Waals surface area contributed by atoms with Crippen molar-refractivity contribution < 1.29 is 9.18 Å². The Morgan fingerprint density at radius 1 is 1.31 bits per heavy atom. The van der Waals surface area contributed by atoms with Gasteiger partial charge in [0, 0.05) is 42.9 Å². The standard InChI is InChI=1S/C22H30FN3O2S/c1-5-15(2)24-20(27)12-8-9-13-29-22-25-16(3)18(21(28)26(22)4)14-17-10-6-7-11-19(17)23/h6-7,10-11,15H,5,8-9,12-14H2,1-4H3,(H,24,27)/t15-/m1/s1. The number of halogens is 1. The molecule has 7 heteroatoms. The van der Waals surface area contributed by atoms with Gasteiger partial charge >= 0.3 is 0 Å². The number of thioether (sulfide) groups is 1. The molecule has 5 nitrogen and oxygen atoms in total. The highest BCUT2D eigenvalue weighted by Gasteiger charge is 2.14. The van der Waals surface area contributed by atoms with Gasteiger partial charge in [0.05, 0.1) is 0 Å². The molecule has 1 amide bonds. The molecule has 0 spiro atoms. The van der Waals surface area contributed by atoms with Crippen molar-refractivity contribution in [3.8, 4) is 0 Å². The molecular formula is C22H30FN3O2S. The monoisotopic (exact) mass is 419 g/mol. The fourth-order valence-corrected chi connectivity index (χ4v) is 3.90. The van der Waals surface area contributed by atoms with Gasteiger partial charge in [-0.3, -0.25) is 14.2 Å². The molecule has 1 aromatic heterocycles. The minimum Gasteiger partial charge on any atom is -0.354 e. The van der Waals surface area contributed by atoms with E-state index in [-0.39, 0.29) is 29.7 Å².